The van der Waals surface area contributed by atoms with Gasteiger partial charge in [-0.3, -0.25) is 9.59 Å². The standard InChI is InChI=1S/C32H31NO6/c1-20-16-24-17-23(11-14-27(24)39-20)30(34)28-29(33(32(36)31(28)35)18-26-8-5-15-37-26)22-9-12-25(13-10-22)38-19-21-6-3-2-4-7-21/h2-4,6-7,9-14,17,20,26,29,34H,5,8,15-16,18-19H2,1H3/t20-,26-,29+/m1/s1. The van der Waals surface area contributed by atoms with Gasteiger partial charge < -0.3 is 24.2 Å². The topological polar surface area (TPSA) is 85.3 Å². The highest BCUT2D eigenvalue weighted by Gasteiger charge is 2.47. The van der Waals surface area contributed by atoms with Gasteiger partial charge in [-0.15, -0.1) is 0 Å². The molecule has 1 amide bonds. The third-order valence-electron chi connectivity index (χ3n) is 7.58. The van der Waals surface area contributed by atoms with Gasteiger partial charge in [0.25, 0.3) is 11.7 Å². The smallest absolute Gasteiger partial charge is 0.295 e. The van der Waals surface area contributed by atoms with E-state index in [2.05, 4.69) is 0 Å². The Bertz CT molecular complexity index is 1410. The molecule has 2 fully saturated rings. The van der Waals surface area contributed by atoms with E-state index < -0.39 is 17.7 Å². The Balaban J connectivity index is 1.34. The van der Waals surface area contributed by atoms with E-state index in [1.54, 1.807) is 11.0 Å². The Morgan fingerprint density at radius 2 is 1.85 bits per heavy atom. The van der Waals surface area contributed by atoms with Crippen LogP contribution in [-0.4, -0.2) is 47.1 Å². The van der Waals surface area contributed by atoms with Crippen LogP contribution in [0.3, 0.4) is 0 Å². The lowest BCUT2D eigenvalue weighted by molar-refractivity contribution is -0.140. The number of hydrogen-bond donors (Lipinski definition) is 1. The molecule has 7 nitrogen and oxygen atoms in total. The van der Waals surface area contributed by atoms with Crippen LogP contribution < -0.4 is 9.47 Å². The third kappa shape index (κ3) is 5.02. The van der Waals surface area contributed by atoms with E-state index in [4.69, 9.17) is 14.2 Å². The Kier molecular flexibility index (Phi) is 6.83. The molecule has 3 aliphatic rings. The number of fused-ring (bicyclic) bond motifs is 1. The van der Waals surface area contributed by atoms with Crippen LogP contribution in [0.2, 0.25) is 0 Å². The molecule has 6 rings (SSSR count). The van der Waals surface area contributed by atoms with Crippen molar-refractivity contribution in [1.29, 1.82) is 0 Å². The first kappa shape index (κ1) is 25.2. The SMILES string of the molecule is C[C@@H]1Cc2cc(C(O)=C3C(=O)C(=O)N(C[C@H]4CCCO4)[C@H]3c3ccc(OCc4ccccc4)cc3)ccc2O1. The highest BCUT2D eigenvalue weighted by molar-refractivity contribution is 6.46. The molecule has 39 heavy (non-hydrogen) atoms. The lowest BCUT2D eigenvalue weighted by Crippen LogP contribution is -2.36. The van der Waals surface area contributed by atoms with Crippen LogP contribution in [0.5, 0.6) is 11.5 Å². The van der Waals surface area contributed by atoms with Crippen molar-refractivity contribution in [2.75, 3.05) is 13.2 Å². The van der Waals surface area contributed by atoms with Crippen molar-refractivity contribution in [2.45, 2.75) is 51.0 Å². The number of ketones is 1. The molecule has 3 heterocycles. The molecule has 0 spiro atoms. The van der Waals surface area contributed by atoms with Gasteiger partial charge >= 0.3 is 0 Å². The number of carbonyl (C=O) groups is 2. The first-order valence-electron chi connectivity index (χ1n) is 13.4. The molecule has 3 aliphatic heterocycles. The van der Waals surface area contributed by atoms with Gasteiger partial charge in [-0.05, 0) is 66.8 Å². The van der Waals surface area contributed by atoms with Crippen LogP contribution in [0.1, 0.15) is 48.1 Å². The molecule has 7 heteroatoms. The predicted molar refractivity (Wildman–Crippen MR) is 145 cm³/mol. The zero-order valence-electron chi connectivity index (χ0n) is 21.8. The summed E-state index contributed by atoms with van der Waals surface area (Å²) < 4.78 is 17.5. The second kappa shape index (κ2) is 10.6. The van der Waals surface area contributed by atoms with Crippen molar-refractivity contribution >= 4 is 17.4 Å². The van der Waals surface area contributed by atoms with Crippen LogP contribution in [0.4, 0.5) is 0 Å². The third-order valence-corrected chi connectivity index (χ3v) is 7.58. The van der Waals surface area contributed by atoms with E-state index in [1.165, 1.54) is 0 Å². The van der Waals surface area contributed by atoms with Gasteiger partial charge in [0.1, 0.15) is 30.0 Å². The Morgan fingerprint density at radius 3 is 2.59 bits per heavy atom. The van der Waals surface area contributed by atoms with Gasteiger partial charge in [0.15, 0.2) is 0 Å². The zero-order chi connectivity index (χ0) is 26.9. The molecule has 0 aliphatic carbocycles. The zero-order valence-corrected chi connectivity index (χ0v) is 21.8. The van der Waals surface area contributed by atoms with Crippen LogP contribution in [0.25, 0.3) is 5.76 Å². The molecular weight excluding hydrogens is 494 g/mol. The molecule has 0 aromatic heterocycles. The molecule has 0 radical (unpaired) electrons. The van der Waals surface area contributed by atoms with Crippen LogP contribution in [0, 0.1) is 0 Å². The number of hydrogen-bond acceptors (Lipinski definition) is 6. The number of carbonyl (C=O) groups excluding carboxylic acids is 2. The number of aliphatic hydroxyl groups is 1. The monoisotopic (exact) mass is 525 g/mol. The summed E-state index contributed by atoms with van der Waals surface area (Å²) in [7, 11) is 0. The van der Waals surface area contributed by atoms with Gasteiger partial charge in [-0.25, -0.2) is 0 Å². The summed E-state index contributed by atoms with van der Waals surface area (Å²) in [4.78, 5) is 28.3. The normalized spacial score (nSPS) is 23.6. The summed E-state index contributed by atoms with van der Waals surface area (Å²) in [6.07, 6.45) is 2.38. The number of benzene rings is 3. The molecule has 2 saturated heterocycles. The van der Waals surface area contributed by atoms with Gasteiger partial charge in [0.2, 0.25) is 0 Å². The minimum atomic E-state index is -0.735. The molecular formula is C32H31NO6. The quantitative estimate of drug-likeness (QED) is 0.260. The van der Waals surface area contributed by atoms with Gasteiger partial charge in [-0.1, -0.05) is 42.5 Å². The van der Waals surface area contributed by atoms with E-state index in [-0.39, 0.29) is 30.1 Å². The summed E-state index contributed by atoms with van der Waals surface area (Å²) in [5, 5.41) is 11.5. The molecule has 200 valence electrons. The summed E-state index contributed by atoms with van der Waals surface area (Å²) in [5.74, 6) is -0.0449. The van der Waals surface area contributed by atoms with Crippen molar-refractivity contribution in [3.63, 3.8) is 0 Å². The summed E-state index contributed by atoms with van der Waals surface area (Å²) in [6.45, 7) is 3.35. The van der Waals surface area contributed by atoms with E-state index in [1.807, 2.05) is 73.7 Å². The molecule has 3 aromatic rings. The summed E-state index contributed by atoms with van der Waals surface area (Å²) in [6, 6.07) is 21.9. The Morgan fingerprint density at radius 1 is 1.05 bits per heavy atom. The molecule has 3 atom stereocenters. The number of aliphatic hydroxyl groups excluding tert-OH is 1. The van der Waals surface area contributed by atoms with E-state index in [0.717, 1.165) is 41.7 Å². The van der Waals surface area contributed by atoms with E-state index >= 15 is 0 Å². The maximum absolute atomic E-state index is 13.4. The maximum atomic E-state index is 13.4. The van der Waals surface area contributed by atoms with Crippen molar-refractivity contribution in [1.82, 2.24) is 4.90 Å². The second-order valence-electron chi connectivity index (χ2n) is 10.4. The fraction of sp³-hybridized carbons (Fsp3) is 0.312. The van der Waals surface area contributed by atoms with Crippen molar-refractivity contribution < 1.29 is 28.9 Å². The van der Waals surface area contributed by atoms with Crippen LogP contribution in [0.15, 0.2) is 78.4 Å². The highest BCUT2D eigenvalue weighted by atomic mass is 16.5. The largest absolute Gasteiger partial charge is 0.507 e. The number of likely N-dealkylation sites (tertiary alicyclic amines) is 1. The van der Waals surface area contributed by atoms with E-state index in [9.17, 15) is 14.7 Å². The lowest BCUT2D eigenvalue weighted by Gasteiger charge is -2.27. The Hall–Kier alpha value is -4.10. The first-order chi connectivity index (χ1) is 19.0. The lowest BCUT2D eigenvalue weighted by atomic mass is 9.94. The fourth-order valence-corrected chi connectivity index (χ4v) is 5.63. The summed E-state index contributed by atoms with van der Waals surface area (Å²) >= 11 is 0. The highest BCUT2D eigenvalue weighted by Crippen LogP contribution is 2.41. The summed E-state index contributed by atoms with van der Waals surface area (Å²) in [5.41, 5.74) is 3.33. The van der Waals surface area contributed by atoms with Crippen molar-refractivity contribution in [3.05, 3.63) is 101 Å². The number of amides is 1. The number of rotatable bonds is 7. The Labute approximate surface area is 227 Å². The predicted octanol–water partition coefficient (Wildman–Crippen LogP) is 5.19. The molecule has 0 unspecified atom stereocenters. The average Bonchev–Trinajstić information content (AvgIpc) is 3.67. The minimum Gasteiger partial charge on any atom is -0.507 e. The maximum Gasteiger partial charge on any atom is 0.295 e. The van der Waals surface area contributed by atoms with Gasteiger partial charge in [0, 0.05) is 25.1 Å². The van der Waals surface area contributed by atoms with Crippen LogP contribution >= 0.6 is 0 Å². The van der Waals surface area contributed by atoms with Crippen LogP contribution in [-0.2, 0) is 27.4 Å². The van der Waals surface area contributed by atoms with Crippen molar-refractivity contribution in [3.8, 4) is 11.5 Å². The number of nitrogens with zero attached hydrogens (tertiary/aromatic N) is 1. The van der Waals surface area contributed by atoms with E-state index in [0.29, 0.717) is 24.5 Å². The average molecular weight is 526 g/mol. The number of ether oxygens (including phenoxy) is 3. The van der Waals surface area contributed by atoms with Gasteiger partial charge in [0.05, 0.1) is 17.7 Å². The molecule has 0 bridgehead atoms. The molecule has 1 N–H and O–H groups in total. The molecule has 3 aromatic carbocycles. The fourth-order valence-electron chi connectivity index (χ4n) is 5.63. The molecule has 0 saturated carbocycles. The van der Waals surface area contributed by atoms with Gasteiger partial charge in [-0.2, -0.15) is 0 Å². The second-order valence-corrected chi connectivity index (χ2v) is 10.4. The van der Waals surface area contributed by atoms with Crippen molar-refractivity contribution in [2.24, 2.45) is 0 Å². The first-order valence-corrected chi connectivity index (χ1v) is 13.4. The number of Topliss-reactive ketones (excluding diaryl/α,β-unsaturated/α-hetero) is 1. The minimum absolute atomic E-state index is 0.0528.